The predicted octanol–water partition coefficient (Wildman–Crippen LogP) is 1.77. The molecule has 1 fully saturated rings. The average molecular weight is 347 g/mol. The molecule has 1 aliphatic heterocycles. The van der Waals surface area contributed by atoms with E-state index in [1.807, 2.05) is 0 Å². The number of carbonyl (C=O) groups excluding carboxylic acids is 1. The van der Waals surface area contributed by atoms with E-state index in [2.05, 4.69) is 5.32 Å². The number of carboxylic acid groups (broad SMARTS) is 1. The topological polar surface area (TPSA) is 89.9 Å². The second-order valence-electron chi connectivity index (χ2n) is 5.63. The molecule has 1 saturated heterocycles. The van der Waals surface area contributed by atoms with Crippen LogP contribution in [0.25, 0.3) is 0 Å². The summed E-state index contributed by atoms with van der Waals surface area (Å²) < 4.78 is 0. The molecule has 0 aliphatic carbocycles. The molecule has 1 aliphatic rings. The molecule has 0 aromatic heterocycles. The number of β-amino-alcohol motifs (C(OH)–C–C–N with tert-alkyl or cyclic N) is 1. The van der Waals surface area contributed by atoms with Crippen molar-refractivity contribution in [2.24, 2.45) is 0 Å². The summed E-state index contributed by atoms with van der Waals surface area (Å²) >= 11 is 11.8. The Bertz CT molecular complexity index is 599. The summed E-state index contributed by atoms with van der Waals surface area (Å²) in [6, 6.07) is 3.11. The summed E-state index contributed by atoms with van der Waals surface area (Å²) in [6.45, 7) is 1.96. The van der Waals surface area contributed by atoms with Crippen LogP contribution < -0.4 is 5.32 Å². The van der Waals surface area contributed by atoms with Crippen molar-refractivity contribution in [2.45, 2.75) is 25.0 Å². The molecular weight excluding hydrogens is 331 g/mol. The van der Waals surface area contributed by atoms with Gasteiger partial charge >= 0.3 is 12.0 Å². The lowest BCUT2D eigenvalue weighted by atomic mass is 9.97. The van der Waals surface area contributed by atoms with Gasteiger partial charge in [-0.15, -0.1) is 0 Å². The van der Waals surface area contributed by atoms with Crippen LogP contribution in [0.2, 0.25) is 10.0 Å². The smallest absolute Gasteiger partial charge is 0.326 e. The molecule has 1 atom stereocenters. The number of amides is 2. The first kappa shape index (κ1) is 16.9. The highest BCUT2D eigenvalue weighted by molar-refractivity contribution is 6.35. The third-order valence-corrected chi connectivity index (χ3v) is 3.97. The van der Waals surface area contributed by atoms with Crippen molar-refractivity contribution in [2.75, 3.05) is 13.1 Å². The Kier molecular flexibility index (Phi) is 4.84. The highest BCUT2D eigenvalue weighted by atomic mass is 35.5. The van der Waals surface area contributed by atoms with Crippen LogP contribution in [0, 0.1) is 0 Å². The van der Waals surface area contributed by atoms with E-state index in [1.165, 1.54) is 11.0 Å². The van der Waals surface area contributed by atoms with Crippen molar-refractivity contribution in [1.29, 1.82) is 0 Å². The number of carbonyl (C=O) groups is 2. The molecule has 6 nitrogen and oxygen atoms in total. The van der Waals surface area contributed by atoms with Gasteiger partial charge in [0.05, 0.1) is 18.7 Å². The molecule has 0 bridgehead atoms. The second kappa shape index (κ2) is 6.32. The predicted molar refractivity (Wildman–Crippen MR) is 82.3 cm³/mol. The number of hydrogen-bond acceptors (Lipinski definition) is 3. The lowest BCUT2D eigenvalue weighted by Crippen LogP contribution is -2.65. The number of halogens is 2. The number of nitrogens with one attached hydrogen (secondary N) is 1. The summed E-state index contributed by atoms with van der Waals surface area (Å²) in [5.74, 6) is -1.16. The molecule has 120 valence electrons. The molecule has 0 saturated carbocycles. The maximum atomic E-state index is 11.9. The van der Waals surface area contributed by atoms with Crippen molar-refractivity contribution in [3.63, 3.8) is 0 Å². The first-order valence-corrected chi connectivity index (χ1v) is 7.38. The SMILES string of the molecule is CC1(O)CN(C(=O)N[C@H](Cc2ccc(Cl)cc2Cl)C(=O)O)C1. The van der Waals surface area contributed by atoms with E-state index in [-0.39, 0.29) is 19.5 Å². The quantitative estimate of drug-likeness (QED) is 0.774. The number of likely N-dealkylation sites (tertiary alicyclic amines) is 1. The van der Waals surface area contributed by atoms with Crippen LogP contribution in [0.3, 0.4) is 0 Å². The Balaban J connectivity index is 2.01. The molecule has 2 amide bonds. The molecular formula is C14H16Cl2N2O4. The minimum atomic E-state index is -1.16. The van der Waals surface area contributed by atoms with Crippen LogP contribution in [0.15, 0.2) is 18.2 Å². The maximum Gasteiger partial charge on any atom is 0.326 e. The van der Waals surface area contributed by atoms with Crippen molar-refractivity contribution >= 4 is 35.2 Å². The Morgan fingerprint density at radius 3 is 2.55 bits per heavy atom. The van der Waals surface area contributed by atoms with Crippen molar-refractivity contribution < 1.29 is 19.8 Å². The minimum absolute atomic E-state index is 0.0430. The van der Waals surface area contributed by atoms with Gasteiger partial charge in [-0.1, -0.05) is 29.3 Å². The third-order valence-electron chi connectivity index (χ3n) is 3.39. The minimum Gasteiger partial charge on any atom is -0.480 e. The second-order valence-corrected chi connectivity index (χ2v) is 6.48. The zero-order valence-electron chi connectivity index (χ0n) is 11.8. The molecule has 2 rings (SSSR count). The summed E-state index contributed by atoms with van der Waals surface area (Å²) in [5, 5.41) is 22.1. The van der Waals surface area contributed by atoms with E-state index >= 15 is 0 Å². The third kappa shape index (κ3) is 4.03. The van der Waals surface area contributed by atoms with Crippen LogP contribution in [-0.2, 0) is 11.2 Å². The Morgan fingerprint density at radius 1 is 1.41 bits per heavy atom. The largest absolute Gasteiger partial charge is 0.480 e. The molecule has 0 unspecified atom stereocenters. The fourth-order valence-corrected chi connectivity index (χ4v) is 2.75. The van der Waals surface area contributed by atoms with Crippen LogP contribution in [0.1, 0.15) is 12.5 Å². The number of aliphatic carboxylic acids is 1. The Hall–Kier alpha value is -1.50. The van der Waals surface area contributed by atoms with E-state index < -0.39 is 23.6 Å². The molecule has 0 spiro atoms. The van der Waals surface area contributed by atoms with Crippen LogP contribution in [0.5, 0.6) is 0 Å². The van der Waals surface area contributed by atoms with E-state index in [4.69, 9.17) is 23.2 Å². The van der Waals surface area contributed by atoms with Crippen molar-refractivity contribution in [3.8, 4) is 0 Å². The zero-order valence-corrected chi connectivity index (χ0v) is 13.4. The Morgan fingerprint density at radius 2 is 2.05 bits per heavy atom. The first-order valence-electron chi connectivity index (χ1n) is 6.62. The van der Waals surface area contributed by atoms with Gasteiger partial charge in [-0.3, -0.25) is 0 Å². The lowest BCUT2D eigenvalue weighted by Gasteiger charge is -2.44. The molecule has 1 aromatic carbocycles. The number of nitrogens with zero attached hydrogens (tertiary/aromatic N) is 1. The molecule has 1 aromatic rings. The van der Waals surface area contributed by atoms with Crippen molar-refractivity contribution in [3.05, 3.63) is 33.8 Å². The highest BCUT2D eigenvalue weighted by Crippen LogP contribution is 2.23. The number of hydrogen-bond donors (Lipinski definition) is 3. The summed E-state index contributed by atoms with van der Waals surface area (Å²) in [7, 11) is 0. The monoisotopic (exact) mass is 346 g/mol. The molecule has 1 heterocycles. The zero-order chi connectivity index (χ0) is 16.5. The average Bonchev–Trinajstić information content (AvgIpc) is 2.37. The van der Waals surface area contributed by atoms with Gasteiger partial charge in [0.15, 0.2) is 0 Å². The number of rotatable bonds is 4. The van der Waals surface area contributed by atoms with Gasteiger partial charge in [-0.25, -0.2) is 9.59 Å². The van der Waals surface area contributed by atoms with Gasteiger partial charge < -0.3 is 20.4 Å². The van der Waals surface area contributed by atoms with Gasteiger partial charge in [0.1, 0.15) is 6.04 Å². The summed E-state index contributed by atoms with van der Waals surface area (Å²) in [4.78, 5) is 24.6. The van der Waals surface area contributed by atoms with Crippen LogP contribution in [0.4, 0.5) is 4.79 Å². The van der Waals surface area contributed by atoms with Gasteiger partial charge in [0, 0.05) is 16.5 Å². The fraction of sp³-hybridized carbons (Fsp3) is 0.429. The van der Waals surface area contributed by atoms with E-state index in [9.17, 15) is 19.8 Å². The maximum absolute atomic E-state index is 11.9. The van der Waals surface area contributed by atoms with E-state index in [0.717, 1.165) is 0 Å². The number of aliphatic hydroxyl groups is 1. The van der Waals surface area contributed by atoms with Gasteiger partial charge in [-0.05, 0) is 24.6 Å². The van der Waals surface area contributed by atoms with Gasteiger partial charge in [0.25, 0.3) is 0 Å². The molecule has 3 N–H and O–H groups in total. The number of urea groups is 1. The molecule has 8 heteroatoms. The summed E-state index contributed by atoms with van der Waals surface area (Å²) in [5.41, 5.74) is -0.329. The van der Waals surface area contributed by atoms with Crippen LogP contribution in [-0.4, -0.2) is 51.8 Å². The molecule has 0 radical (unpaired) electrons. The number of benzene rings is 1. The lowest BCUT2D eigenvalue weighted by molar-refractivity contribution is -0.139. The standard InChI is InChI=1S/C14H16Cl2N2O4/c1-14(22)6-18(7-14)13(21)17-11(12(19)20)4-8-2-3-9(15)5-10(8)16/h2-3,5,11,22H,4,6-7H2,1H3,(H,17,21)(H,19,20)/t11-/m1/s1. The van der Waals surface area contributed by atoms with Crippen LogP contribution >= 0.6 is 23.2 Å². The summed E-state index contributed by atoms with van der Waals surface area (Å²) in [6.07, 6.45) is 0.0430. The van der Waals surface area contributed by atoms with Crippen molar-refractivity contribution in [1.82, 2.24) is 10.2 Å². The first-order chi connectivity index (χ1) is 10.2. The van der Waals surface area contributed by atoms with E-state index in [1.54, 1.807) is 19.1 Å². The molecule has 22 heavy (non-hydrogen) atoms. The van der Waals surface area contributed by atoms with Gasteiger partial charge in [-0.2, -0.15) is 0 Å². The van der Waals surface area contributed by atoms with Gasteiger partial charge in [0.2, 0.25) is 0 Å². The normalized spacial score (nSPS) is 17.5. The Labute approximate surface area is 137 Å². The highest BCUT2D eigenvalue weighted by Gasteiger charge is 2.40. The van der Waals surface area contributed by atoms with E-state index in [0.29, 0.717) is 15.6 Å². The fourth-order valence-electron chi connectivity index (χ4n) is 2.27. The number of carboxylic acids is 1.